The van der Waals surface area contributed by atoms with Gasteiger partial charge in [-0.25, -0.2) is 4.98 Å². The number of hydrogen-bond donors (Lipinski definition) is 0. The van der Waals surface area contributed by atoms with Gasteiger partial charge in [-0.3, -0.25) is 4.57 Å². The van der Waals surface area contributed by atoms with Crippen molar-refractivity contribution in [3.63, 3.8) is 0 Å². The Labute approximate surface area is 369 Å². The number of ether oxygens (including phenoxy) is 1. The molecule has 0 unspecified atom stereocenters. The molecule has 0 aliphatic carbocycles. The molecule has 0 amide bonds. The molecule has 0 spiro atoms. The monoisotopic (exact) mass is 976 g/mol. The van der Waals surface area contributed by atoms with E-state index in [9.17, 15) is 0 Å². The van der Waals surface area contributed by atoms with Gasteiger partial charge in [-0.1, -0.05) is 115 Å². The van der Waals surface area contributed by atoms with Crippen LogP contribution in [0.3, 0.4) is 0 Å². The van der Waals surface area contributed by atoms with E-state index in [4.69, 9.17) is 14.1 Å². The normalized spacial score (nSPS) is 11.7. The summed E-state index contributed by atoms with van der Waals surface area (Å²) in [6.45, 7) is 0. The van der Waals surface area contributed by atoms with Crippen LogP contribution < -0.4 is 9.30 Å². The molecule has 0 bridgehead atoms. The third-order valence-corrected chi connectivity index (χ3v) is 11.7. The van der Waals surface area contributed by atoms with Crippen molar-refractivity contribution in [3.05, 3.63) is 207 Å². The molecule has 13 aromatic rings. The molecule has 0 fully saturated rings. The number of pyridine rings is 1. The summed E-state index contributed by atoms with van der Waals surface area (Å²) in [6.07, 6.45) is 5.62. The summed E-state index contributed by atoms with van der Waals surface area (Å²) in [5, 5.41) is 6.55. The zero-order chi connectivity index (χ0) is 40.0. The topological polar surface area (TPSA) is 53.9 Å². The van der Waals surface area contributed by atoms with Crippen molar-refractivity contribution in [2.75, 3.05) is 0 Å². The van der Waals surface area contributed by atoms with Crippen molar-refractivity contribution >= 4 is 76.6 Å². The average molecular weight is 977 g/mol. The summed E-state index contributed by atoms with van der Waals surface area (Å²) in [6, 6.07) is 69.6. The molecule has 0 atom stereocenters. The van der Waals surface area contributed by atoms with Crippen molar-refractivity contribution in [3.8, 4) is 34.4 Å². The largest absolute Gasteiger partial charge is 0.510 e. The first-order chi connectivity index (χ1) is 30.2. The maximum absolute atomic E-state index is 6.60. The summed E-state index contributed by atoms with van der Waals surface area (Å²) in [7, 11) is 0. The molecule has 7 nitrogen and oxygen atoms in total. The summed E-state index contributed by atoms with van der Waals surface area (Å²) in [4.78, 5) is 4.95. The number of hydrogen-bond acceptors (Lipinski definition) is 3. The number of imidazole rings is 1. The third kappa shape index (κ3) is 5.48. The molecule has 0 radical (unpaired) electrons. The van der Waals surface area contributed by atoms with Crippen LogP contribution in [0.15, 0.2) is 193 Å². The van der Waals surface area contributed by atoms with Crippen molar-refractivity contribution in [2.24, 2.45) is 0 Å². The quantitative estimate of drug-likeness (QED) is 0.123. The summed E-state index contributed by atoms with van der Waals surface area (Å²) in [5.41, 5.74) is 10.7. The minimum Gasteiger partial charge on any atom is -0.510 e. The van der Waals surface area contributed by atoms with E-state index in [2.05, 4.69) is 164 Å². The molecule has 0 aliphatic rings. The van der Waals surface area contributed by atoms with E-state index in [1.54, 1.807) is 0 Å². The van der Waals surface area contributed by atoms with Gasteiger partial charge in [0.25, 0.3) is 6.33 Å². The number of aromatic nitrogens is 5. The SMILES string of the molecule is [Pt].[c-]1c(Oc2[c-]c3c(cc2)c2ccccc2n3-c2cc3oc4ccccc4c3cn2)cccc1-n1[c-][n+](-c2cccc3c4ccccc4n(-c4ccccc4)c23)c2ccccc21. The van der Waals surface area contributed by atoms with Crippen LogP contribution in [0, 0.1) is 18.5 Å². The minimum atomic E-state index is 0. The number of benzene rings is 8. The van der Waals surface area contributed by atoms with Crippen LogP contribution >= 0.6 is 0 Å². The van der Waals surface area contributed by atoms with Gasteiger partial charge in [0.05, 0.1) is 27.8 Å². The molecular formula is C54H31N5O2Pt-2. The Balaban J connectivity index is 0.00000410. The second-order valence-corrected chi connectivity index (χ2v) is 15.2. The van der Waals surface area contributed by atoms with Gasteiger partial charge >= 0.3 is 0 Å². The molecule has 5 heterocycles. The van der Waals surface area contributed by atoms with Crippen molar-refractivity contribution in [2.45, 2.75) is 0 Å². The molecule has 8 aromatic carbocycles. The number of nitrogens with zero attached hydrogens (tertiary/aromatic N) is 5. The molecule has 0 aliphatic heterocycles. The molecular weight excluding hydrogens is 946 g/mol. The minimum absolute atomic E-state index is 0. The molecule has 13 rings (SSSR count). The van der Waals surface area contributed by atoms with Crippen molar-refractivity contribution in [1.29, 1.82) is 0 Å². The molecule has 8 heteroatoms. The molecule has 0 saturated heterocycles. The molecule has 0 N–H and O–H groups in total. The van der Waals surface area contributed by atoms with Gasteiger partial charge < -0.3 is 22.9 Å². The average Bonchev–Trinajstić information content (AvgIpc) is 4.07. The van der Waals surface area contributed by atoms with Gasteiger partial charge in [0.2, 0.25) is 0 Å². The Hall–Kier alpha value is -7.73. The number of furan rings is 1. The third-order valence-electron chi connectivity index (χ3n) is 11.7. The second-order valence-electron chi connectivity index (χ2n) is 15.2. The summed E-state index contributed by atoms with van der Waals surface area (Å²) in [5.74, 6) is 1.86. The number of rotatable bonds is 6. The molecule has 0 saturated carbocycles. The Morgan fingerprint density at radius 3 is 2.05 bits per heavy atom. The van der Waals surface area contributed by atoms with Crippen LogP contribution in [0.5, 0.6) is 11.5 Å². The fourth-order valence-corrected chi connectivity index (χ4v) is 9.09. The van der Waals surface area contributed by atoms with Gasteiger partial charge in [0.15, 0.2) is 0 Å². The van der Waals surface area contributed by atoms with E-state index in [1.807, 2.05) is 60.8 Å². The Morgan fingerprint density at radius 2 is 1.19 bits per heavy atom. The van der Waals surface area contributed by atoms with Gasteiger partial charge in [-0.15, -0.1) is 29.7 Å². The van der Waals surface area contributed by atoms with Gasteiger partial charge in [0.1, 0.15) is 17.0 Å². The molecule has 296 valence electrons. The van der Waals surface area contributed by atoms with Crippen molar-refractivity contribution < 1.29 is 34.8 Å². The standard InChI is InChI=1S/C54H31N5O2.Pt/c1-2-14-35(15-3-1)58-45-22-7-5-19-40(45)43-21-13-26-49(54(43)58)57-34-56(47-24-9-10-25-48(47)57)36-16-12-17-37(30-36)60-38-28-29-41-39-18-4-8-23-46(39)59(50(41)31-38)53-32-52-44(33-55-53)42-20-6-11-27-51(42)61-52;/h1-29,32-33H;/q-2;. The van der Waals surface area contributed by atoms with Crippen LogP contribution in [-0.4, -0.2) is 18.7 Å². The Morgan fingerprint density at radius 1 is 0.516 bits per heavy atom. The zero-order valence-corrected chi connectivity index (χ0v) is 35.0. The fraction of sp³-hybridized carbons (Fsp3) is 0. The summed E-state index contributed by atoms with van der Waals surface area (Å²) < 4.78 is 21.6. The van der Waals surface area contributed by atoms with E-state index in [1.165, 1.54) is 10.8 Å². The first kappa shape index (κ1) is 36.1. The van der Waals surface area contributed by atoms with Crippen LogP contribution in [0.4, 0.5) is 0 Å². The van der Waals surface area contributed by atoms with Crippen LogP contribution in [0.2, 0.25) is 0 Å². The maximum atomic E-state index is 6.60. The van der Waals surface area contributed by atoms with E-state index in [0.29, 0.717) is 11.5 Å². The smallest absolute Gasteiger partial charge is 0.268 e. The maximum Gasteiger partial charge on any atom is 0.268 e. The summed E-state index contributed by atoms with van der Waals surface area (Å²) >= 11 is 0. The van der Waals surface area contributed by atoms with Gasteiger partial charge in [-0.2, -0.15) is 18.2 Å². The zero-order valence-electron chi connectivity index (χ0n) is 32.8. The predicted molar refractivity (Wildman–Crippen MR) is 242 cm³/mol. The van der Waals surface area contributed by atoms with Crippen LogP contribution in [0.1, 0.15) is 0 Å². The van der Waals surface area contributed by atoms with E-state index in [-0.39, 0.29) is 21.1 Å². The van der Waals surface area contributed by atoms with E-state index >= 15 is 0 Å². The fourth-order valence-electron chi connectivity index (χ4n) is 9.09. The Kier molecular flexibility index (Phi) is 8.27. The van der Waals surface area contributed by atoms with Crippen LogP contribution in [0.25, 0.3) is 99.5 Å². The van der Waals surface area contributed by atoms with E-state index in [0.717, 1.165) is 88.7 Å². The molecule has 5 aromatic heterocycles. The van der Waals surface area contributed by atoms with Gasteiger partial charge in [0, 0.05) is 77.6 Å². The first-order valence-corrected chi connectivity index (χ1v) is 20.2. The van der Waals surface area contributed by atoms with E-state index < -0.39 is 0 Å². The van der Waals surface area contributed by atoms with Crippen LogP contribution in [-0.2, 0) is 21.1 Å². The number of para-hydroxylation sites is 7. The Bertz CT molecular complexity index is 3880. The van der Waals surface area contributed by atoms with Crippen molar-refractivity contribution in [1.82, 2.24) is 18.7 Å². The first-order valence-electron chi connectivity index (χ1n) is 20.2. The second kappa shape index (κ2) is 14.2. The predicted octanol–water partition coefficient (Wildman–Crippen LogP) is 12.6. The van der Waals surface area contributed by atoms with Gasteiger partial charge in [-0.05, 0) is 47.5 Å². The molecule has 62 heavy (non-hydrogen) atoms. The number of fused-ring (bicyclic) bond motifs is 10.